The number of carbonyl (C=O) groups excluding carboxylic acids is 2. The van der Waals surface area contributed by atoms with E-state index < -0.39 is 0 Å². The summed E-state index contributed by atoms with van der Waals surface area (Å²) in [6, 6.07) is 7.04. The fourth-order valence-electron chi connectivity index (χ4n) is 2.70. The molecule has 1 aliphatic heterocycles. The average molecular weight is 344 g/mol. The average Bonchev–Trinajstić information content (AvgIpc) is 3.02. The highest BCUT2D eigenvalue weighted by atomic mass is 32.1. The first-order chi connectivity index (χ1) is 11.5. The zero-order valence-corrected chi connectivity index (χ0v) is 14.6. The first-order valence-corrected chi connectivity index (χ1v) is 8.85. The summed E-state index contributed by atoms with van der Waals surface area (Å²) in [5.41, 5.74) is 1.18. The number of hydrogen-bond donors (Lipinski definition) is 1. The lowest BCUT2D eigenvalue weighted by atomic mass is 9.98. The van der Waals surface area contributed by atoms with Crippen molar-refractivity contribution >= 4 is 28.8 Å². The zero-order valence-electron chi connectivity index (χ0n) is 13.8. The summed E-state index contributed by atoms with van der Waals surface area (Å²) in [6.45, 7) is 5.60. The minimum absolute atomic E-state index is 0.0183. The molecule has 2 aromatic rings. The molecule has 1 N–H and O–H groups in total. The Morgan fingerprint density at radius 3 is 2.67 bits per heavy atom. The van der Waals surface area contributed by atoms with Gasteiger partial charge in [0.15, 0.2) is 0 Å². The number of nitrogens with zero attached hydrogens (tertiary/aromatic N) is 3. The number of aryl methyl sites for hydroxylation is 1. The number of likely N-dealkylation sites (tertiary alicyclic amines) is 1. The second-order valence-electron chi connectivity index (χ2n) is 6.14. The molecule has 2 amide bonds. The number of anilines is 1. The van der Waals surface area contributed by atoms with Crippen LogP contribution in [0.3, 0.4) is 0 Å². The first kappa shape index (κ1) is 16.6. The van der Waals surface area contributed by atoms with Crippen LogP contribution in [0.2, 0.25) is 0 Å². The number of amides is 2. The Balaban J connectivity index is 1.69. The van der Waals surface area contributed by atoms with E-state index in [1.807, 2.05) is 4.90 Å². The second kappa shape index (κ2) is 7.09. The van der Waals surface area contributed by atoms with Crippen molar-refractivity contribution in [3.05, 3.63) is 39.8 Å². The second-order valence-corrected chi connectivity index (χ2v) is 7.32. The van der Waals surface area contributed by atoms with Crippen molar-refractivity contribution in [2.75, 3.05) is 18.4 Å². The van der Waals surface area contributed by atoms with E-state index in [-0.39, 0.29) is 11.8 Å². The molecule has 1 aromatic carbocycles. The number of nitrogens with one attached hydrogen (secondary N) is 1. The van der Waals surface area contributed by atoms with Gasteiger partial charge in [-0.1, -0.05) is 24.3 Å². The van der Waals surface area contributed by atoms with Gasteiger partial charge in [0.2, 0.25) is 5.01 Å². The summed E-state index contributed by atoms with van der Waals surface area (Å²) in [6.07, 6.45) is 2.08. The van der Waals surface area contributed by atoms with Gasteiger partial charge in [-0.25, -0.2) is 0 Å². The van der Waals surface area contributed by atoms with Crippen molar-refractivity contribution in [3.8, 4) is 0 Å². The van der Waals surface area contributed by atoms with Crippen LogP contribution >= 0.6 is 11.3 Å². The molecule has 0 aliphatic carbocycles. The Bertz CT molecular complexity index is 751. The maximum Gasteiger partial charge on any atom is 0.286 e. The number of rotatable bonds is 3. The van der Waals surface area contributed by atoms with Crippen molar-refractivity contribution in [2.45, 2.75) is 26.7 Å². The van der Waals surface area contributed by atoms with E-state index in [0.717, 1.165) is 30.9 Å². The maximum atomic E-state index is 12.6. The minimum Gasteiger partial charge on any atom is -0.339 e. The van der Waals surface area contributed by atoms with Gasteiger partial charge in [0.25, 0.3) is 11.8 Å². The van der Waals surface area contributed by atoms with Crippen molar-refractivity contribution in [3.63, 3.8) is 0 Å². The molecule has 0 unspecified atom stereocenters. The fourth-order valence-corrected chi connectivity index (χ4v) is 3.28. The van der Waals surface area contributed by atoms with Crippen LogP contribution in [0.25, 0.3) is 0 Å². The lowest BCUT2D eigenvalue weighted by Crippen LogP contribution is -2.37. The van der Waals surface area contributed by atoms with Gasteiger partial charge < -0.3 is 10.2 Å². The van der Waals surface area contributed by atoms with Crippen molar-refractivity contribution in [1.82, 2.24) is 15.1 Å². The van der Waals surface area contributed by atoms with Crippen molar-refractivity contribution in [2.24, 2.45) is 5.92 Å². The normalized spacial score (nSPS) is 15.3. The van der Waals surface area contributed by atoms with E-state index in [9.17, 15) is 9.59 Å². The molecule has 2 heterocycles. The molecule has 0 bridgehead atoms. The highest BCUT2D eigenvalue weighted by molar-refractivity contribution is 7.13. The highest BCUT2D eigenvalue weighted by Gasteiger charge is 2.21. The van der Waals surface area contributed by atoms with Crippen molar-refractivity contribution < 1.29 is 9.59 Å². The Morgan fingerprint density at radius 1 is 1.25 bits per heavy atom. The van der Waals surface area contributed by atoms with Gasteiger partial charge in [-0.05, 0) is 43.9 Å². The minimum atomic E-state index is -0.308. The third kappa shape index (κ3) is 3.79. The van der Waals surface area contributed by atoms with Crippen LogP contribution in [0.5, 0.6) is 0 Å². The van der Waals surface area contributed by atoms with Gasteiger partial charge >= 0.3 is 0 Å². The van der Waals surface area contributed by atoms with Crippen LogP contribution in [0.1, 0.15) is 44.9 Å². The van der Waals surface area contributed by atoms with E-state index in [4.69, 9.17) is 0 Å². The molecule has 1 saturated heterocycles. The molecule has 6 nitrogen and oxygen atoms in total. The quantitative estimate of drug-likeness (QED) is 0.929. The summed E-state index contributed by atoms with van der Waals surface area (Å²) in [7, 11) is 0. The lowest BCUT2D eigenvalue weighted by Gasteiger charge is -2.30. The largest absolute Gasteiger partial charge is 0.339 e. The third-order valence-corrected chi connectivity index (χ3v) is 5.00. The molecule has 24 heavy (non-hydrogen) atoms. The first-order valence-electron chi connectivity index (χ1n) is 8.03. The number of hydrogen-bond acceptors (Lipinski definition) is 5. The van der Waals surface area contributed by atoms with Gasteiger partial charge in [0.1, 0.15) is 5.01 Å². The molecular weight excluding hydrogens is 324 g/mol. The van der Waals surface area contributed by atoms with Gasteiger partial charge in [0.05, 0.1) is 0 Å². The third-order valence-electron chi connectivity index (χ3n) is 4.16. The number of aromatic nitrogens is 2. The molecule has 1 aliphatic rings. The molecular formula is C17H20N4O2S. The molecule has 3 rings (SSSR count). The Morgan fingerprint density at radius 2 is 2.00 bits per heavy atom. The molecule has 1 fully saturated rings. The molecule has 126 valence electrons. The SMILES string of the molecule is Cc1nnc(C(=O)Nc2cccc(C(=O)N3CCC(C)CC3)c2)s1. The molecule has 0 atom stereocenters. The van der Waals surface area contributed by atoms with E-state index in [1.54, 1.807) is 31.2 Å². The van der Waals surface area contributed by atoms with Gasteiger partial charge in [-0.15, -0.1) is 10.2 Å². The predicted molar refractivity (Wildman–Crippen MR) is 93.3 cm³/mol. The van der Waals surface area contributed by atoms with Crippen molar-refractivity contribution in [1.29, 1.82) is 0 Å². The molecule has 7 heteroatoms. The molecule has 0 spiro atoms. The molecule has 1 aromatic heterocycles. The van der Waals surface area contributed by atoms with Gasteiger partial charge in [0, 0.05) is 24.3 Å². The Labute approximate surface area is 144 Å². The Hall–Kier alpha value is -2.28. The van der Waals surface area contributed by atoms with Crippen LogP contribution < -0.4 is 5.32 Å². The topological polar surface area (TPSA) is 75.2 Å². The summed E-state index contributed by atoms with van der Waals surface area (Å²) in [4.78, 5) is 26.6. The summed E-state index contributed by atoms with van der Waals surface area (Å²) < 4.78 is 0. The van der Waals surface area contributed by atoms with E-state index >= 15 is 0 Å². The van der Waals surface area contributed by atoms with Crippen LogP contribution in [0.4, 0.5) is 5.69 Å². The van der Waals surface area contributed by atoms with Crippen LogP contribution in [0, 0.1) is 12.8 Å². The number of benzene rings is 1. The molecule has 0 saturated carbocycles. The smallest absolute Gasteiger partial charge is 0.286 e. The van der Waals surface area contributed by atoms with Crippen LogP contribution in [0.15, 0.2) is 24.3 Å². The van der Waals surface area contributed by atoms with Crippen LogP contribution in [-0.4, -0.2) is 40.0 Å². The molecule has 0 radical (unpaired) electrons. The van der Waals surface area contributed by atoms with Gasteiger partial charge in [-0.3, -0.25) is 9.59 Å². The fraction of sp³-hybridized carbons (Fsp3) is 0.412. The van der Waals surface area contributed by atoms with E-state index in [0.29, 0.717) is 22.2 Å². The van der Waals surface area contributed by atoms with Crippen LogP contribution in [-0.2, 0) is 0 Å². The monoisotopic (exact) mass is 344 g/mol. The summed E-state index contributed by atoms with van der Waals surface area (Å²) in [5.74, 6) is 0.386. The summed E-state index contributed by atoms with van der Waals surface area (Å²) in [5, 5.41) is 11.5. The summed E-state index contributed by atoms with van der Waals surface area (Å²) >= 11 is 1.24. The standard InChI is InChI=1S/C17H20N4O2S/c1-11-6-8-21(9-7-11)17(23)13-4-3-5-14(10-13)18-15(22)16-20-19-12(2)24-16/h3-5,10-11H,6-9H2,1-2H3,(H,18,22). The van der Waals surface area contributed by atoms with Gasteiger partial charge in [-0.2, -0.15) is 0 Å². The maximum absolute atomic E-state index is 12.6. The predicted octanol–water partition coefficient (Wildman–Crippen LogP) is 2.97. The zero-order chi connectivity index (χ0) is 17.1. The highest BCUT2D eigenvalue weighted by Crippen LogP contribution is 2.20. The van der Waals surface area contributed by atoms with E-state index in [2.05, 4.69) is 22.4 Å². The lowest BCUT2D eigenvalue weighted by molar-refractivity contribution is 0.0697. The Kier molecular flexibility index (Phi) is 4.89. The van der Waals surface area contributed by atoms with E-state index in [1.165, 1.54) is 11.3 Å². The number of carbonyl (C=O) groups is 2. The number of piperidine rings is 1.